The molecule has 4 rings (SSSR count). The van der Waals surface area contributed by atoms with E-state index in [2.05, 4.69) is 46.6 Å². The third kappa shape index (κ3) is 4.46. The summed E-state index contributed by atoms with van der Waals surface area (Å²) in [6.45, 7) is 4.51. The first kappa shape index (κ1) is 20.0. The number of hydrogen-bond donors (Lipinski definition) is 1. The smallest absolute Gasteiger partial charge is 0.234 e. The van der Waals surface area contributed by atoms with Crippen molar-refractivity contribution in [2.45, 2.75) is 18.9 Å². The third-order valence-corrected chi connectivity index (χ3v) is 5.50. The first-order valence-corrected chi connectivity index (χ1v) is 10.7. The summed E-state index contributed by atoms with van der Waals surface area (Å²) in [7, 11) is 0. The Morgan fingerprint density at radius 3 is 2.77 bits per heavy atom. The number of rotatable bonds is 7. The highest BCUT2D eigenvalue weighted by atomic mass is 32.2. The van der Waals surface area contributed by atoms with Gasteiger partial charge in [0, 0.05) is 18.0 Å². The minimum Gasteiger partial charge on any atom is -0.492 e. The van der Waals surface area contributed by atoms with E-state index in [9.17, 15) is 4.79 Å². The molecule has 0 saturated heterocycles. The molecule has 6 nitrogen and oxygen atoms in total. The second kappa shape index (κ2) is 9.00. The summed E-state index contributed by atoms with van der Waals surface area (Å²) in [5.74, 6) is 0.782. The molecule has 0 spiro atoms. The minimum atomic E-state index is -0.116. The molecule has 0 atom stereocenters. The highest BCUT2D eigenvalue weighted by Crippen LogP contribution is 2.27. The largest absolute Gasteiger partial charge is 0.492 e. The van der Waals surface area contributed by atoms with E-state index in [-0.39, 0.29) is 11.7 Å². The normalized spacial score (nSPS) is 10.9. The molecule has 0 aliphatic rings. The van der Waals surface area contributed by atoms with Gasteiger partial charge in [0.05, 0.1) is 29.3 Å². The van der Waals surface area contributed by atoms with Gasteiger partial charge in [-0.05, 0) is 32.0 Å². The van der Waals surface area contributed by atoms with Crippen molar-refractivity contribution < 1.29 is 9.53 Å². The van der Waals surface area contributed by atoms with Crippen LogP contribution < -0.4 is 10.1 Å². The van der Waals surface area contributed by atoms with Crippen LogP contribution in [0, 0.1) is 6.92 Å². The van der Waals surface area contributed by atoms with E-state index in [1.54, 1.807) is 10.7 Å². The molecule has 2 aromatic carbocycles. The summed E-state index contributed by atoms with van der Waals surface area (Å²) >= 11 is 1.38. The van der Waals surface area contributed by atoms with Crippen LogP contribution >= 0.6 is 11.8 Å². The number of ether oxygens (including phenoxy) is 1. The summed E-state index contributed by atoms with van der Waals surface area (Å²) in [6.07, 6.45) is 3.51. The monoisotopic (exact) mass is 418 g/mol. The van der Waals surface area contributed by atoms with Crippen molar-refractivity contribution in [2.24, 2.45) is 0 Å². The van der Waals surface area contributed by atoms with Gasteiger partial charge in [-0.15, -0.1) is 0 Å². The molecule has 0 aliphatic carbocycles. The lowest BCUT2D eigenvalue weighted by Gasteiger charge is -2.11. The fourth-order valence-corrected chi connectivity index (χ4v) is 3.82. The summed E-state index contributed by atoms with van der Waals surface area (Å²) in [6, 6.07) is 17.7. The number of nitrogens with zero attached hydrogens (tertiary/aromatic N) is 3. The maximum Gasteiger partial charge on any atom is 0.234 e. The van der Waals surface area contributed by atoms with Crippen molar-refractivity contribution in [1.82, 2.24) is 14.6 Å². The van der Waals surface area contributed by atoms with E-state index < -0.39 is 0 Å². The second-order valence-corrected chi connectivity index (χ2v) is 7.69. The van der Waals surface area contributed by atoms with Gasteiger partial charge in [-0.2, -0.15) is 5.10 Å². The van der Waals surface area contributed by atoms with E-state index >= 15 is 0 Å². The molecule has 1 N–H and O–H groups in total. The van der Waals surface area contributed by atoms with E-state index in [4.69, 9.17) is 4.74 Å². The van der Waals surface area contributed by atoms with Crippen molar-refractivity contribution in [1.29, 1.82) is 0 Å². The number of aryl methyl sites for hydroxylation is 1. The Kier molecular flexibility index (Phi) is 5.99. The second-order valence-electron chi connectivity index (χ2n) is 6.72. The van der Waals surface area contributed by atoms with Gasteiger partial charge >= 0.3 is 0 Å². The van der Waals surface area contributed by atoms with E-state index in [1.165, 1.54) is 17.3 Å². The molecule has 2 aromatic heterocycles. The molecule has 0 aliphatic heterocycles. The molecule has 0 saturated carbocycles. The van der Waals surface area contributed by atoms with Gasteiger partial charge in [0.15, 0.2) is 0 Å². The van der Waals surface area contributed by atoms with Gasteiger partial charge in [-0.1, -0.05) is 53.7 Å². The molecule has 0 bridgehead atoms. The van der Waals surface area contributed by atoms with Gasteiger partial charge in [0.25, 0.3) is 0 Å². The highest BCUT2D eigenvalue weighted by molar-refractivity contribution is 8.00. The molecule has 0 unspecified atom stereocenters. The minimum absolute atomic E-state index is 0.116. The lowest BCUT2D eigenvalue weighted by atomic mass is 10.1. The Hall–Kier alpha value is -3.32. The number of hydrogen-bond acceptors (Lipinski definition) is 5. The Morgan fingerprint density at radius 1 is 1.17 bits per heavy atom. The number of amides is 1. The predicted octanol–water partition coefficient (Wildman–Crippen LogP) is 4.83. The summed E-state index contributed by atoms with van der Waals surface area (Å²) < 4.78 is 7.36. The molecule has 4 aromatic rings. The Morgan fingerprint density at radius 2 is 1.97 bits per heavy atom. The van der Waals surface area contributed by atoms with E-state index in [0.29, 0.717) is 18.0 Å². The fraction of sp³-hybridized carbons (Fsp3) is 0.174. The number of anilines is 1. The van der Waals surface area contributed by atoms with E-state index in [0.717, 1.165) is 21.8 Å². The number of aromatic nitrogens is 3. The van der Waals surface area contributed by atoms with Crippen molar-refractivity contribution in [2.75, 3.05) is 17.7 Å². The van der Waals surface area contributed by atoms with E-state index in [1.807, 2.05) is 43.5 Å². The zero-order chi connectivity index (χ0) is 20.9. The van der Waals surface area contributed by atoms with Crippen LogP contribution in [0.15, 0.2) is 72.0 Å². The number of para-hydroxylation sites is 2. The molecular formula is C23H22N4O2S. The van der Waals surface area contributed by atoms with Crippen molar-refractivity contribution in [3.63, 3.8) is 0 Å². The molecular weight excluding hydrogens is 396 g/mol. The quantitative estimate of drug-likeness (QED) is 0.435. The Balaban J connectivity index is 1.49. The fourth-order valence-electron chi connectivity index (χ4n) is 3.05. The van der Waals surface area contributed by atoms with Gasteiger partial charge in [-0.25, -0.2) is 9.50 Å². The maximum absolute atomic E-state index is 12.5. The Bertz CT molecular complexity index is 1170. The first-order valence-electron chi connectivity index (χ1n) is 9.70. The van der Waals surface area contributed by atoms with Gasteiger partial charge in [-0.3, -0.25) is 4.79 Å². The summed E-state index contributed by atoms with van der Waals surface area (Å²) in [4.78, 5) is 17.0. The third-order valence-electron chi connectivity index (χ3n) is 4.50. The molecule has 152 valence electrons. The van der Waals surface area contributed by atoms with Crippen molar-refractivity contribution in [3.8, 4) is 17.0 Å². The topological polar surface area (TPSA) is 68.5 Å². The molecule has 7 heteroatoms. The summed E-state index contributed by atoms with van der Waals surface area (Å²) in [5.41, 5.74) is 4.67. The first-order chi connectivity index (χ1) is 14.6. The van der Waals surface area contributed by atoms with Crippen LogP contribution in [0.4, 0.5) is 5.69 Å². The van der Waals surface area contributed by atoms with Gasteiger partial charge in [0.1, 0.15) is 10.8 Å². The number of carbonyl (C=O) groups is 1. The van der Waals surface area contributed by atoms with Crippen molar-refractivity contribution in [3.05, 3.63) is 72.6 Å². The molecule has 2 heterocycles. The van der Waals surface area contributed by atoms with Crippen molar-refractivity contribution >= 4 is 28.9 Å². The van der Waals surface area contributed by atoms with Gasteiger partial charge < -0.3 is 10.1 Å². The van der Waals surface area contributed by atoms with Crippen LogP contribution in [-0.4, -0.2) is 32.9 Å². The maximum atomic E-state index is 12.5. The Labute approximate surface area is 179 Å². The SMILES string of the molecule is CCOc1ccccc1NC(=O)CSc1nccn2nc(-c3ccc(C)cc3)cc12. The zero-order valence-electron chi connectivity index (χ0n) is 16.8. The number of carbonyl (C=O) groups excluding carboxylic acids is 1. The van der Waals surface area contributed by atoms with Crippen LogP contribution in [0.1, 0.15) is 12.5 Å². The standard InChI is InChI=1S/C23H22N4O2S/c1-3-29-21-7-5-4-6-18(21)25-22(28)15-30-23-20-14-19(26-27(20)13-12-24-23)17-10-8-16(2)9-11-17/h4-14H,3,15H2,1-2H3,(H,25,28). The van der Waals surface area contributed by atoms with Crippen LogP contribution in [0.5, 0.6) is 5.75 Å². The highest BCUT2D eigenvalue weighted by Gasteiger charge is 2.12. The predicted molar refractivity (Wildman–Crippen MR) is 120 cm³/mol. The average molecular weight is 419 g/mol. The lowest BCUT2D eigenvalue weighted by Crippen LogP contribution is -2.15. The van der Waals surface area contributed by atoms with Gasteiger partial charge in [0.2, 0.25) is 5.91 Å². The molecule has 0 radical (unpaired) electrons. The van der Waals surface area contributed by atoms with Crippen LogP contribution in [0.2, 0.25) is 0 Å². The average Bonchev–Trinajstić information content (AvgIpc) is 3.19. The van der Waals surface area contributed by atoms with Crippen LogP contribution in [0.25, 0.3) is 16.8 Å². The number of nitrogens with one attached hydrogen (secondary N) is 1. The number of fused-ring (bicyclic) bond motifs is 1. The summed E-state index contributed by atoms with van der Waals surface area (Å²) in [5, 5.41) is 8.32. The number of benzene rings is 2. The molecule has 30 heavy (non-hydrogen) atoms. The lowest BCUT2D eigenvalue weighted by molar-refractivity contribution is -0.113. The van der Waals surface area contributed by atoms with Crippen LogP contribution in [-0.2, 0) is 4.79 Å². The molecule has 0 fully saturated rings. The zero-order valence-corrected chi connectivity index (χ0v) is 17.6. The number of thioether (sulfide) groups is 1. The molecule has 1 amide bonds. The van der Waals surface area contributed by atoms with Crippen LogP contribution in [0.3, 0.4) is 0 Å².